The van der Waals surface area contributed by atoms with Gasteiger partial charge in [-0.15, -0.1) is 0 Å². The quantitative estimate of drug-likeness (QED) is 0.795. The molecule has 6 nitrogen and oxygen atoms in total. The smallest absolute Gasteiger partial charge is 0.321 e. The van der Waals surface area contributed by atoms with Gasteiger partial charge >= 0.3 is 6.03 Å². The summed E-state index contributed by atoms with van der Waals surface area (Å²) in [6, 6.07) is 8.22. The number of benzene rings is 2. The third-order valence-electron chi connectivity index (χ3n) is 4.51. The molecule has 0 atom stereocenters. The predicted molar refractivity (Wildman–Crippen MR) is 103 cm³/mol. The fraction of sp³-hybridized carbons (Fsp3) is 0.316. The molecule has 2 aromatic rings. The van der Waals surface area contributed by atoms with Gasteiger partial charge in [0.2, 0.25) is 0 Å². The molecular weight excluding hydrogens is 388 g/mol. The maximum atomic E-state index is 13.7. The molecule has 9 heteroatoms. The van der Waals surface area contributed by atoms with Crippen molar-refractivity contribution in [3.8, 4) is 0 Å². The maximum Gasteiger partial charge on any atom is 0.321 e. The van der Waals surface area contributed by atoms with Crippen LogP contribution in [0.4, 0.5) is 25.0 Å². The van der Waals surface area contributed by atoms with Gasteiger partial charge in [-0.05, 0) is 49.2 Å². The lowest BCUT2D eigenvalue weighted by Crippen LogP contribution is -2.35. The van der Waals surface area contributed by atoms with Gasteiger partial charge in [0.05, 0.1) is 4.90 Å². The topological polar surface area (TPSA) is 78.5 Å². The third kappa shape index (κ3) is 4.78. The lowest BCUT2D eigenvalue weighted by atomic mass is 10.2. The first-order chi connectivity index (χ1) is 13.4. The number of halogens is 2. The van der Waals surface area contributed by atoms with Crippen molar-refractivity contribution in [2.24, 2.45) is 0 Å². The first kappa shape index (κ1) is 20.1. The minimum absolute atomic E-state index is 0.178. The number of nitrogens with one attached hydrogen (secondary N) is 2. The number of nitrogens with zero attached hydrogens (tertiary/aromatic N) is 1. The molecule has 1 aliphatic rings. The predicted octanol–water partition coefficient (Wildman–Crippen LogP) is 4.17. The second-order valence-corrected chi connectivity index (χ2v) is 8.24. The summed E-state index contributed by atoms with van der Waals surface area (Å²) >= 11 is 0. The number of amides is 2. The van der Waals surface area contributed by atoms with E-state index in [4.69, 9.17) is 0 Å². The second kappa shape index (κ2) is 8.55. The molecule has 2 N–H and O–H groups in total. The molecule has 3 rings (SSSR count). The molecule has 2 amide bonds. The van der Waals surface area contributed by atoms with Crippen LogP contribution in [-0.2, 0) is 10.0 Å². The number of hydrogen-bond acceptors (Lipinski definition) is 3. The van der Waals surface area contributed by atoms with Crippen molar-refractivity contribution in [2.45, 2.75) is 30.6 Å². The fourth-order valence-electron chi connectivity index (χ4n) is 2.98. The zero-order valence-electron chi connectivity index (χ0n) is 15.1. The van der Waals surface area contributed by atoms with E-state index in [2.05, 4.69) is 5.32 Å². The van der Waals surface area contributed by atoms with Gasteiger partial charge in [-0.1, -0.05) is 18.9 Å². The Morgan fingerprint density at radius 2 is 1.46 bits per heavy atom. The molecular formula is C19H21F2N3O3S. The molecule has 2 aromatic carbocycles. The highest BCUT2D eigenvalue weighted by Gasteiger charge is 2.20. The number of anilines is 2. The van der Waals surface area contributed by atoms with Crippen LogP contribution in [0.5, 0.6) is 0 Å². The minimum atomic E-state index is -4.18. The van der Waals surface area contributed by atoms with Gasteiger partial charge < -0.3 is 10.2 Å². The molecule has 0 saturated carbocycles. The summed E-state index contributed by atoms with van der Waals surface area (Å²) < 4.78 is 54.1. The Bertz CT molecular complexity index is 921. The third-order valence-corrected chi connectivity index (χ3v) is 5.87. The van der Waals surface area contributed by atoms with E-state index in [0.717, 1.165) is 43.9 Å². The zero-order valence-corrected chi connectivity index (χ0v) is 15.9. The molecule has 1 aliphatic heterocycles. The number of para-hydroxylation sites is 1. The Morgan fingerprint density at radius 1 is 0.893 bits per heavy atom. The van der Waals surface area contributed by atoms with Gasteiger partial charge in [0.15, 0.2) is 0 Å². The van der Waals surface area contributed by atoms with Crippen LogP contribution >= 0.6 is 0 Å². The number of carbonyl (C=O) groups excluding carboxylic acids is 1. The average molecular weight is 409 g/mol. The normalized spacial score (nSPS) is 15.0. The summed E-state index contributed by atoms with van der Waals surface area (Å²) in [6.45, 7) is 1.38. The minimum Gasteiger partial charge on any atom is -0.325 e. The molecule has 0 aliphatic carbocycles. The van der Waals surface area contributed by atoms with Crippen LogP contribution in [0.3, 0.4) is 0 Å². The van der Waals surface area contributed by atoms with Crippen molar-refractivity contribution in [2.75, 3.05) is 23.1 Å². The number of carbonyl (C=O) groups is 1. The van der Waals surface area contributed by atoms with Crippen LogP contribution in [0.25, 0.3) is 0 Å². The number of likely N-dealkylation sites (tertiary alicyclic amines) is 1. The standard InChI is InChI=1S/C19H21F2N3O3S/c20-16-6-5-7-17(21)18(16)23-28(26,27)15-10-8-14(9-11-15)22-19(25)24-12-3-1-2-4-13-24/h5-11,23H,1-4,12-13H2,(H,22,25). The highest BCUT2D eigenvalue weighted by atomic mass is 32.2. The molecule has 0 aromatic heterocycles. The Kier molecular flexibility index (Phi) is 6.13. The van der Waals surface area contributed by atoms with Crippen molar-refractivity contribution >= 4 is 27.4 Å². The molecule has 0 spiro atoms. The van der Waals surface area contributed by atoms with E-state index in [9.17, 15) is 22.0 Å². The van der Waals surface area contributed by atoms with Crippen molar-refractivity contribution in [3.63, 3.8) is 0 Å². The average Bonchev–Trinajstić information content (AvgIpc) is 2.95. The first-order valence-corrected chi connectivity index (χ1v) is 10.5. The van der Waals surface area contributed by atoms with Gasteiger partial charge in [-0.3, -0.25) is 4.72 Å². The molecule has 1 fully saturated rings. The van der Waals surface area contributed by atoms with Gasteiger partial charge in [-0.2, -0.15) is 0 Å². The largest absolute Gasteiger partial charge is 0.325 e. The van der Waals surface area contributed by atoms with Gasteiger partial charge in [0.1, 0.15) is 17.3 Å². The molecule has 28 heavy (non-hydrogen) atoms. The van der Waals surface area contributed by atoms with Crippen molar-refractivity contribution in [3.05, 3.63) is 54.1 Å². The van der Waals surface area contributed by atoms with Crippen LogP contribution in [0.2, 0.25) is 0 Å². The maximum absolute atomic E-state index is 13.7. The Balaban J connectivity index is 1.70. The molecule has 150 valence electrons. The van der Waals surface area contributed by atoms with E-state index >= 15 is 0 Å². The van der Waals surface area contributed by atoms with E-state index in [1.54, 1.807) is 4.90 Å². The van der Waals surface area contributed by atoms with Crippen LogP contribution in [-0.4, -0.2) is 32.4 Å². The van der Waals surface area contributed by atoms with Gasteiger partial charge in [0.25, 0.3) is 10.0 Å². The summed E-state index contributed by atoms with van der Waals surface area (Å²) in [5.74, 6) is -2.02. The molecule has 0 bridgehead atoms. The highest BCUT2D eigenvalue weighted by molar-refractivity contribution is 7.92. The lowest BCUT2D eigenvalue weighted by Gasteiger charge is -2.20. The van der Waals surface area contributed by atoms with Crippen LogP contribution < -0.4 is 10.0 Å². The fourth-order valence-corrected chi connectivity index (χ4v) is 4.06. The Morgan fingerprint density at radius 3 is 2.04 bits per heavy atom. The first-order valence-electron chi connectivity index (χ1n) is 9.00. The van der Waals surface area contributed by atoms with E-state index in [1.165, 1.54) is 24.3 Å². The number of rotatable bonds is 4. The summed E-state index contributed by atoms with van der Waals surface area (Å²) in [6.07, 6.45) is 4.13. The summed E-state index contributed by atoms with van der Waals surface area (Å²) in [5.41, 5.74) is -0.300. The number of urea groups is 1. The van der Waals surface area contributed by atoms with Crippen molar-refractivity contribution < 1.29 is 22.0 Å². The summed E-state index contributed by atoms with van der Waals surface area (Å²) in [4.78, 5) is 13.9. The molecule has 1 saturated heterocycles. The van der Waals surface area contributed by atoms with Gasteiger partial charge in [-0.25, -0.2) is 22.0 Å². The molecule has 0 unspecified atom stereocenters. The van der Waals surface area contributed by atoms with Crippen LogP contribution in [0, 0.1) is 11.6 Å². The van der Waals surface area contributed by atoms with E-state index in [1.807, 2.05) is 4.72 Å². The molecule has 0 radical (unpaired) electrons. The van der Waals surface area contributed by atoms with Crippen molar-refractivity contribution in [1.82, 2.24) is 4.90 Å². The SMILES string of the molecule is O=C(Nc1ccc(S(=O)(=O)Nc2c(F)cccc2F)cc1)N1CCCCCC1. The van der Waals surface area contributed by atoms with E-state index in [-0.39, 0.29) is 10.9 Å². The van der Waals surface area contributed by atoms with Crippen LogP contribution in [0.1, 0.15) is 25.7 Å². The lowest BCUT2D eigenvalue weighted by molar-refractivity contribution is 0.214. The number of hydrogen-bond donors (Lipinski definition) is 2. The monoisotopic (exact) mass is 409 g/mol. The summed E-state index contributed by atoms with van der Waals surface area (Å²) in [7, 11) is -4.18. The van der Waals surface area contributed by atoms with Crippen LogP contribution in [0.15, 0.2) is 47.4 Å². The Hall–Kier alpha value is -2.68. The van der Waals surface area contributed by atoms with Gasteiger partial charge in [0, 0.05) is 18.8 Å². The second-order valence-electron chi connectivity index (χ2n) is 6.56. The Labute approximate surface area is 162 Å². The highest BCUT2D eigenvalue weighted by Crippen LogP contribution is 2.23. The van der Waals surface area contributed by atoms with E-state index < -0.39 is 27.3 Å². The molecule has 1 heterocycles. The van der Waals surface area contributed by atoms with E-state index in [0.29, 0.717) is 18.8 Å². The number of sulfonamides is 1. The van der Waals surface area contributed by atoms with Crippen molar-refractivity contribution in [1.29, 1.82) is 0 Å². The summed E-state index contributed by atoms with van der Waals surface area (Å²) in [5, 5.41) is 2.74. The zero-order chi connectivity index (χ0) is 20.1.